The zero-order valence-corrected chi connectivity index (χ0v) is 14.5. The van der Waals surface area contributed by atoms with E-state index in [9.17, 15) is 27.9 Å². The molecule has 25 heavy (non-hydrogen) atoms. The van der Waals surface area contributed by atoms with Gasteiger partial charge < -0.3 is 15.3 Å². The number of nitrogens with zero attached hydrogens (tertiary/aromatic N) is 1. The first kappa shape index (κ1) is 17.4. The number of rotatable bonds is 4. The maximum Gasteiger partial charge on any atom is 0.328 e. The second-order valence-electron chi connectivity index (χ2n) is 6.73. The van der Waals surface area contributed by atoms with Crippen molar-refractivity contribution in [2.45, 2.75) is 42.5 Å². The third kappa shape index (κ3) is 2.41. The van der Waals surface area contributed by atoms with E-state index >= 15 is 0 Å². The van der Waals surface area contributed by atoms with Crippen molar-refractivity contribution in [2.75, 3.05) is 0 Å². The molecule has 0 bridgehead atoms. The van der Waals surface area contributed by atoms with Crippen molar-refractivity contribution in [1.82, 2.24) is 10.2 Å². The number of fused-ring (bicyclic) bond motifs is 1. The first-order valence-corrected chi connectivity index (χ1v) is 9.25. The molecule has 2 heterocycles. The largest absolute Gasteiger partial charge is 0.480 e. The van der Waals surface area contributed by atoms with E-state index in [1.807, 2.05) is 0 Å². The zero-order valence-electron chi connectivity index (χ0n) is 13.7. The Morgan fingerprint density at radius 2 is 1.84 bits per heavy atom. The fourth-order valence-electron chi connectivity index (χ4n) is 3.45. The Hall–Kier alpha value is -2.42. The summed E-state index contributed by atoms with van der Waals surface area (Å²) in [6, 6.07) is 6.10. The third-order valence-electron chi connectivity index (χ3n) is 4.83. The lowest BCUT2D eigenvalue weighted by Crippen LogP contribution is -2.72. The van der Waals surface area contributed by atoms with Gasteiger partial charge in [0.25, 0.3) is 0 Å². The van der Waals surface area contributed by atoms with Crippen molar-refractivity contribution in [3.8, 4) is 0 Å². The van der Waals surface area contributed by atoms with E-state index in [0.29, 0.717) is 0 Å². The predicted molar refractivity (Wildman–Crippen MR) is 87.1 cm³/mol. The molecule has 3 rings (SSSR count). The van der Waals surface area contributed by atoms with Crippen LogP contribution in [0.25, 0.3) is 0 Å². The molecule has 2 N–H and O–H groups in total. The average molecular weight is 366 g/mol. The van der Waals surface area contributed by atoms with Crippen molar-refractivity contribution in [2.24, 2.45) is 0 Å². The Bertz CT molecular complexity index is 849. The van der Waals surface area contributed by atoms with Crippen molar-refractivity contribution in [3.63, 3.8) is 0 Å². The highest BCUT2D eigenvalue weighted by molar-refractivity contribution is 7.94. The summed E-state index contributed by atoms with van der Waals surface area (Å²) >= 11 is 0. The minimum absolute atomic E-state index is 0.00311. The molecule has 3 atom stereocenters. The lowest BCUT2D eigenvalue weighted by Gasteiger charge is -2.42. The molecule has 2 saturated heterocycles. The quantitative estimate of drug-likeness (QED) is 0.696. The molecule has 0 radical (unpaired) electrons. The predicted octanol–water partition coefficient (Wildman–Crippen LogP) is -0.458. The van der Waals surface area contributed by atoms with Gasteiger partial charge in [-0.1, -0.05) is 30.3 Å². The van der Waals surface area contributed by atoms with Crippen molar-refractivity contribution in [1.29, 1.82) is 0 Å². The van der Waals surface area contributed by atoms with E-state index in [2.05, 4.69) is 5.32 Å². The summed E-state index contributed by atoms with van der Waals surface area (Å²) in [6.45, 7) is 2.57. The maximum absolute atomic E-state index is 12.7. The molecule has 2 amide bonds. The van der Waals surface area contributed by atoms with Gasteiger partial charge in [-0.05, 0) is 19.4 Å². The standard InChI is InChI=1S/C16H18N2O6S/c1-16(2)12(15(21)22)18-13(20)11(14(18)25(16,23)24)17-10(19)8-9-6-4-3-5-7-9/h3-7,11-12,14H,8H2,1-2H3,(H,17,19)(H,21,22)/t11-,12+,14-/m0/s1. The number of β-lactam (4-membered cyclic amide) rings is 1. The van der Waals surface area contributed by atoms with Gasteiger partial charge in [0.1, 0.15) is 16.8 Å². The zero-order chi connectivity index (χ0) is 18.6. The lowest BCUT2D eigenvalue weighted by atomic mass is 9.96. The van der Waals surface area contributed by atoms with Crippen LogP contribution >= 0.6 is 0 Å². The molecule has 2 fully saturated rings. The van der Waals surface area contributed by atoms with Crippen LogP contribution in [-0.4, -0.2) is 58.4 Å². The van der Waals surface area contributed by atoms with Gasteiger partial charge in [-0.15, -0.1) is 0 Å². The van der Waals surface area contributed by atoms with Crippen molar-refractivity contribution < 1.29 is 27.9 Å². The van der Waals surface area contributed by atoms with Crippen LogP contribution in [0.3, 0.4) is 0 Å². The molecule has 2 aliphatic rings. The number of carboxylic acids is 1. The first-order chi connectivity index (χ1) is 11.6. The monoisotopic (exact) mass is 366 g/mol. The van der Waals surface area contributed by atoms with Crippen LogP contribution in [0.15, 0.2) is 30.3 Å². The smallest absolute Gasteiger partial charge is 0.328 e. The summed E-state index contributed by atoms with van der Waals surface area (Å²) in [5, 5.41) is 10.4. The Balaban J connectivity index is 1.81. The molecular weight excluding hydrogens is 348 g/mol. The maximum atomic E-state index is 12.7. The summed E-state index contributed by atoms with van der Waals surface area (Å²) < 4.78 is 23.7. The van der Waals surface area contributed by atoms with Crippen LogP contribution in [0.4, 0.5) is 0 Å². The normalized spacial score (nSPS) is 28.8. The molecule has 8 nitrogen and oxygen atoms in total. The minimum Gasteiger partial charge on any atom is -0.480 e. The SMILES string of the molecule is CC1(C)[C@@H](C(=O)O)N2C(=O)[C@H](NC(=O)Cc3ccccc3)[C@@H]2S1(=O)=O. The van der Waals surface area contributed by atoms with E-state index in [-0.39, 0.29) is 6.42 Å². The van der Waals surface area contributed by atoms with Gasteiger partial charge >= 0.3 is 5.97 Å². The summed E-state index contributed by atoms with van der Waals surface area (Å²) in [4.78, 5) is 36.8. The summed E-state index contributed by atoms with van der Waals surface area (Å²) in [5.74, 6) is -2.55. The highest BCUT2D eigenvalue weighted by Gasteiger charge is 2.72. The van der Waals surface area contributed by atoms with Crippen LogP contribution in [0.1, 0.15) is 19.4 Å². The number of nitrogens with one attached hydrogen (secondary N) is 1. The number of carboxylic acid groups (broad SMARTS) is 1. The number of sulfone groups is 1. The Labute approximate surface area is 144 Å². The molecular formula is C16H18N2O6S. The number of benzene rings is 1. The fourth-order valence-corrected chi connectivity index (χ4v) is 5.66. The first-order valence-electron chi connectivity index (χ1n) is 7.70. The Morgan fingerprint density at radius 1 is 1.24 bits per heavy atom. The van der Waals surface area contributed by atoms with Crippen LogP contribution in [0, 0.1) is 0 Å². The van der Waals surface area contributed by atoms with E-state index in [4.69, 9.17) is 0 Å². The highest BCUT2D eigenvalue weighted by Crippen LogP contribution is 2.45. The Kier molecular flexibility index (Phi) is 3.86. The van der Waals surface area contributed by atoms with Gasteiger partial charge in [0, 0.05) is 0 Å². The van der Waals surface area contributed by atoms with Crippen LogP contribution in [0.2, 0.25) is 0 Å². The summed E-state index contributed by atoms with van der Waals surface area (Å²) in [7, 11) is -3.95. The summed E-state index contributed by atoms with van der Waals surface area (Å²) in [5.41, 5.74) is 0.724. The van der Waals surface area contributed by atoms with Gasteiger partial charge in [-0.2, -0.15) is 0 Å². The molecule has 0 aliphatic carbocycles. The van der Waals surface area contributed by atoms with Gasteiger partial charge in [-0.3, -0.25) is 9.59 Å². The van der Waals surface area contributed by atoms with Gasteiger partial charge in [-0.25, -0.2) is 13.2 Å². The molecule has 0 saturated carbocycles. The second-order valence-corrected chi connectivity index (χ2v) is 9.36. The second kappa shape index (κ2) is 5.55. The molecule has 0 unspecified atom stereocenters. The topological polar surface area (TPSA) is 121 Å². The molecule has 134 valence electrons. The fraction of sp³-hybridized carbons (Fsp3) is 0.438. The van der Waals surface area contributed by atoms with Crippen LogP contribution in [0.5, 0.6) is 0 Å². The third-order valence-corrected chi connectivity index (χ3v) is 7.65. The number of aliphatic carboxylic acids is 1. The van der Waals surface area contributed by atoms with E-state index < -0.39 is 49.8 Å². The van der Waals surface area contributed by atoms with E-state index in [0.717, 1.165) is 10.5 Å². The number of hydrogen-bond acceptors (Lipinski definition) is 5. The number of hydrogen-bond donors (Lipinski definition) is 2. The number of amides is 2. The molecule has 9 heteroatoms. The molecule has 0 aromatic heterocycles. The Morgan fingerprint density at radius 3 is 2.40 bits per heavy atom. The van der Waals surface area contributed by atoms with Crippen LogP contribution < -0.4 is 5.32 Å². The minimum atomic E-state index is -3.95. The van der Waals surface area contributed by atoms with Crippen LogP contribution in [-0.2, 0) is 30.6 Å². The molecule has 2 aliphatic heterocycles. The van der Waals surface area contributed by atoms with Crippen molar-refractivity contribution in [3.05, 3.63) is 35.9 Å². The number of carbonyl (C=O) groups is 3. The molecule has 1 aromatic rings. The van der Waals surface area contributed by atoms with Gasteiger partial charge in [0.05, 0.1) is 6.42 Å². The number of carbonyl (C=O) groups excluding carboxylic acids is 2. The lowest BCUT2D eigenvalue weighted by molar-refractivity contribution is -0.161. The molecule has 1 aromatic carbocycles. The van der Waals surface area contributed by atoms with Gasteiger partial charge in [0.2, 0.25) is 11.8 Å². The summed E-state index contributed by atoms with van der Waals surface area (Å²) in [6.07, 6.45) is 0.00311. The van der Waals surface area contributed by atoms with Gasteiger partial charge in [0.15, 0.2) is 15.2 Å². The highest BCUT2D eigenvalue weighted by atomic mass is 32.2. The van der Waals surface area contributed by atoms with E-state index in [1.54, 1.807) is 30.3 Å². The van der Waals surface area contributed by atoms with Crippen molar-refractivity contribution >= 4 is 27.6 Å². The van der Waals surface area contributed by atoms with E-state index in [1.165, 1.54) is 13.8 Å². The molecule has 0 spiro atoms. The average Bonchev–Trinajstić information content (AvgIpc) is 2.67.